The van der Waals surface area contributed by atoms with Gasteiger partial charge in [0.25, 0.3) is 5.91 Å². The number of nitrogens with two attached hydrogens (primary N) is 1. The fourth-order valence-corrected chi connectivity index (χ4v) is 3.90. The standard InChI is InChI=1S/C18H18N5O5P/c19-18-21-16-15(17(24)22-18)20-10-23(16)8-9-27-11-29(25,26)28-14-7-3-5-12-4-1-2-6-13(12)14/h1-7,10,15H,8-9,11H2,(H,25,26)(H2,19,22,24). The molecule has 1 amide bonds. The van der Waals surface area contributed by atoms with Crippen LogP contribution in [0, 0.1) is 0 Å². The Labute approximate surface area is 165 Å². The molecule has 0 aromatic heterocycles. The number of fused-ring (bicyclic) bond motifs is 2. The van der Waals surface area contributed by atoms with Gasteiger partial charge in [0.1, 0.15) is 11.6 Å². The van der Waals surface area contributed by atoms with Gasteiger partial charge in [-0.1, -0.05) is 36.4 Å². The predicted octanol–water partition coefficient (Wildman–Crippen LogP) is 1.34. The summed E-state index contributed by atoms with van der Waals surface area (Å²) in [6.07, 6.45) is 0.962. The molecule has 0 spiro atoms. The van der Waals surface area contributed by atoms with Crippen molar-refractivity contribution in [3.8, 4) is 5.75 Å². The Hall–Kier alpha value is -3.07. The molecule has 2 unspecified atom stereocenters. The number of amides is 1. The molecule has 0 fully saturated rings. The highest BCUT2D eigenvalue weighted by molar-refractivity contribution is 7.53. The molecule has 29 heavy (non-hydrogen) atoms. The van der Waals surface area contributed by atoms with Gasteiger partial charge < -0.3 is 24.8 Å². The highest BCUT2D eigenvalue weighted by atomic mass is 31.2. The number of rotatable bonds is 7. The van der Waals surface area contributed by atoms with Crippen LogP contribution in [0.15, 0.2) is 57.4 Å². The van der Waals surface area contributed by atoms with Crippen molar-refractivity contribution in [3.05, 3.63) is 42.5 Å². The van der Waals surface area contributed by atoms with Crippen LogP contribution in [-0.2, 0) is 14.1 Å². The van der Waals surface area contributed by atoms with E-state index < -0.39 is 25.9 Å². The third-order valence-electron chi connectivity index (χ3n) is 4.30. The summed E-state index contributed by atoms with van der Waals surface area (Å²) in [5.74, 6) is 0.0821. The molecule has 0 saturated heterocycles. The normalized spacial score (nSPS) is 20.2. The number of hydrogen-bond donors (Lipinski definition) is 2. The lowest BCUT2D eigenvalue weighted by Crippen LogP contribution is -2.41. The smallest absolute Gasteiger partial charge is 0.402 e. The molecule has 4 rings (SSSR count). The zero-order valence-corrected chi connectivity index (χ0v) is 16.1. The molecule has 3 N–H and O–H groups in total. The Bertz CT molecular complexity index is 1090. The number of aliphatic imine (C=N–C) groups is 3. The van der Waals surface area contributed by atoms with E-state index in [9.17, 15) is 14.3 Å². The fraction of sp³-hybridized carbons (Fsp3) is 0.222. The predicted molar refractivity (Wildman–Crippen MR) is 108 cm³/mol. The minimum Gasteiger partial charge on any atom is -0.422 e. The molecule has 2 aromatic rings. The van der Waals surface area contributed by atoms with Crippen molar-refractivity contribution in [2.45, 2.75) is 6.04 Å². The number of hydrogen-bond acceptors (Lipinski definition) is 8. The Balaban J connectivity index is 1.32. The zero-order chi connectivity index (χ0) is 20.4. The first-order chi connectivity index (χ1) is 13.9. The van der Waals surface area contributed by atoms with Crippen molar-refractivity contribution in [1.82, 2.24) is 4.90 Å². The number of carbonyl (C=O) groups excluding carboxylic acids is 1. The van der Waals surface area contributed by atoms with Crippen molar-refractivity contribution >= 4 is 42.4 Å². The highest BCUT2D eigenvalue weighted by Crippen LogP contribution is 2.44. The maximum atomic E-state index is 12.4. The summed E-state index contributed by atoms with van der Waals surface area (Å²) in [5, 5.41) is 1.64. The second-order valence-electron chi connectivity index (χ2n) is 6.38. The largest absolute Gasteiger partial charge is 0.422 e. The molecule has 10 nitrogen and oxygen atoms in total. The van der Waals surface area contributed by atoms with Crippen LogP contribution in [0.1, 0.15) is 0 Å². The Morgan fingerprint density at radius 1 is 1.17 bits per heavy atom. The van der Waals surface area contributed by atoms with Crippen molar-refractivity contribution in [1.29, 1.82) is 0 Å². The second-order valence-corrected chi connectivity index (χ2v) is 8.10. The number of ether oxygens (including phenoxy) is 1. The number of guanidine groups is 1. The van der Waals surface area contributed by atoms with Gasteiger partial charge in [0.05, 0.1) is 12.9 Å². The third-order valence-corrected chi connectivity index (χ3v) is 5.29. The SMILES string of the molecule is NC1=NC(=O)C2N=CN(CCOCP(=O)(O)Oc3cccc4ccccc34)C2=N1. The van der Waals surface area contributed by atoms with Crippen LogP contribution in [0.5, 0.6) is 5.75 Å². The van der Waals surface area contributed by atoms with Crippen molar-refractivity contribution in [2.24, 2.45) is 20.7 Å². The topological polar surface area (TPSA) is 139 Å². The van der Waals surface area contributed by atoms with Gasteiger partial charge in [-0.25, -0.2) is 4.57 Å². The summed E-state index contributed by atoms with van der Waals surface area (Å²) in [6, 6.07) is 11.9. The van der Waals surface area contributed by atoms with Crippen molar-refractivity contribution in [3.63, 3.8) is 0 Å². The number of nitrogens with zero attached hydrogens (tertiary/aromatic N) is 4. The Morgan fingerprint density at radius 3 is 2.83 bits per heavy atom. The lowest BCUT2D eigenvalue weighted by atomic mass is 10.1. The van der Waals surface area contributed by atoms with E-state index in [-0.39, 0.29) is 19.1 Å². The summed E-state index contributed by atoms with van der Waals surface area (Å²) in [5.41, 5.74) is 5.51. The van der Waals surface area contributed by atoms with Crippen LogP contribution in [0.4, 0.5) is 0 Å². The van der Waals surface area contributed by atoms with Crippen LogP contribution in [0.2, 0.25) is 0 Å². The number of carbonyl (C=O) groups is 1. The average molecular weight is 415 g/mol. The molecule has 2 aromatic carbocycles. The first kappa shape index (κ1) is 19.3. The summed E-state index contributed by atoms with van der Waals surface area (Å²) < 4.78 is 23.1. The van der Waals surface area contributed by atoms with Crippen LogP contribution >= 0.6 is 7.60 Å². The van der Waals surface area contributed by atoms with Gasteiger partial charge in [0.2, 0.25) is 5.96 Å². The van der Waals surface area contributed by atoms with Crippen LogP contribution in [0.25, 0.3) is 10.8 Å². The molecule has 2 aliphatic heterocycles. The van der Waals surface area contributed by atoms with Gasteiger partial charge in [-0.15, -0.1) is 0 Å². The van der Waals surface area contributed by atoms with Gasteiger partial charge in [0, 0.05) is 11.9 Å². The molecule has 2 atom stereocenters. The molecule has 0 aliphatic carbocycles. The molecule has 11 heteroatoms. The van der Waals surface area contributed by atoms with E-state index >= 15 is 0 Å². The summed E-state index contributed by atoms with van der Waals surface area (Å²) >= 11 is 0. The summed E-state index contributed by atoms with van der Waals surface area (Å²) in [7, 11) is -4.03. The Morgan fingerprint density at radius 2 is 1.97 bits per heavy atom. The number of benzene rings is 2. The monoisotopic (exact) mass is 415 g/mol. The quantitative estimate of drug-likeness (QED) is 0.514. The molecular weight excluding hydrogens is 397 g/mol. The molecule has 0 saturated carbocycles. The first-order valence-electron chi connectivity index (χ1n) is 8.76. The van der Waals surface area contributed by atoms with Crippen LogP contribution < -0.4 is 10.3 Å². The minimum absolute atomic E-state index is 0.0897. The lowest BCUT2D eigenvalue weighted by Gasteiger charge is -2.20. The van der Waals surface area contributed by atoms with Gasteiger partial charge in [-0.3, -0.25) is 9.79 Å². The van der Waals surface area contributed by atoms with E-state index in [1.54, 1.807) is 17.0 Å². The molecule has 2 heterocycles. The van der Waals surface area contributed by atoms with E-state index in [4.69, 9.17) is 15.0 Å². The summed E-state index contributed by atoms with van der Waals surface area (Å²) in [6.45, 7) is 0.361. The van der Waals surface area contributed by atoms with Gasteiger partial charge in [-0.2, -0.15) is 9.98 Å². The summed E-state index contributed by atoms with van der Waals surface area (Å²) in [4.78, 5) is 35.1. The molecule has 150 valence electrons. The highest BCUT2D eigenvalue weighted by Gasteiger charge is 2.35. The molecule has 0 radical (unpaired) electrons. The van der Waals surface area contributed by atoms with Crippen LogP contribution in [-0.4, -0.2) is 59.4 Å². The van der Waals surface area contributed by atoms with Gasteiger partial charge in [-0.05, 0) is 11.5 Å². The van der Waals surface area contributed by atoms with Crippen molar-refractivity contribution in [2.75, 3.05) is 19.5 Å². The Kier molecular flexibility index (Phi) is 5.14. The van der Waals surface area contributed by atoms with Crippen LogP contribution in [0.3, 0.4) is 0 Å². The maximum Gasteiger partial charge on any atom is 0.402 e. The minimum atomic E-state index is -4.03. The lowest BCUT2D eigenvalue weighted by molar-refractivity contribution is -0.117. The van der Waals surface area contributed by atoms with E-state index in [0.29, 0.717) is 11.6 Å². The van der Waals surface area contributed by atoms with Gasteiger partial charge in [0.15, 0.2) is 12.4 Å². The fourth-order valence-electron chi connectivity index (χ4n) is 3.02. The maximum absolute atomic E-state index is 12.4. The second kappa shape index (κ2) is 7.75. The van der Waals surface area contributed by atoms with Crippen molar-refractivity contribution < 1.29 is 23.5 Å². The van der Waals surface area contributed by atoms with Gasteiger partial charge >= 0.3 is 7.60 Å². The zero-order valence-electron chi connectivity index (χ0n) is 15.2. The van der Waals surface area contributed by atoms with E-state index in [1.165, 1.54) is 6.34 Å². The van der Waals surface area contributed by atoms with E-state index in [1.807, 2.05) is 30.3 Å². The molecule has 2 aliphatic rings. The number of amidine groups is 1. The van der Waals surface area contributed by atoms with E-state index in [0.717, 1.165) is 10.8 Å². The average Bonchev–Trinajstić information content (AvgIpc) is 3.08. The first-order valence-corrected chi connectivity index (χ1v) is 10.5. The third kappa shape index (κ3) is 4.19. The van der Waals surface area contributed by atoms with E-state index in [2.05, 4.69) is 15.0 Å². The molecular formula is C18H18N5O5P. The molecule has 0 bridgehead atoms.